The molecule has 4 nitrogen and oxygen atoms in total. The fourth-order valence-electron chi connectivity index (χ4n) is 1.71. The van der Waals surface area contributed by atoms with Gasteiger partial charge in [-0.2, -0.15) is 0 Å². The minimum Gasteiger partial charge on any atom is -0.392 e. The average Bonchev–Trinajstić information content (AvgIpc) is 2.34. The van der Waals surface area contributed by atoms with Crippen molar-refractivity contribution in [3.05, 3.63) is 35.4 Å². The molecule has 2 rings (SSSR count). The molecule has 0 aromatic heterocycles. The summed E-state index contributed by atoms with van der Waals surface area (Å²) in [6.07, 6.45) is 0. The van der Waals surface area contributed by atoms with Crippen molar-refractivity contribution in [3.63, 3.8) is 0 Å². The summed E-state index contributed by atoms with van der Waals surface area (Å²) in [5, 5.41) is 9.02. The second kappa shape index (κ2) is 5.33. The van der Waals surface area contributed by atoms with Crippen molar-refractivity contribution in [2.75, 3.05) is 11.5 Å². The third-order valence-corrected chi connectivity index (χ3v) is 3.47. The SMILES string of the molecule is O=C1CSCC(=O)N1Cc1cccc(CO)c1. The quantitative estimate of drug-likeness (QED) is 0.807. The Bertz CT molecular complexity index is 431. The van der Waals surface area contributed by atoms with Crippen molar-refractivity contribution in [2.24, 2.45) is 0 Å². The number of imide groups is 1. The van der Waals surface area contributed by atoms with Crippen molar-refractivity contribution in [1.82, 2.24) is 4.90 Å². The van der Waals surface area contributed by atoms with Gasteiger partial charge in [-0.15, -0.1) is 11.8 Å². The highest BCUT2D eigenvalue weighted by molar-refractivity contribution is 8.00. The Labute approximate surface area is 104 Å². The molecule has 1 heterocycles. The maximum Gasteiger partial charge on any atom is 0.239 e. The number of aliphatic hydroxyl groups excluding tert-OH is 1. The van der Waals surface area contributed by atoms with Crippen molar-refractivity contribution in [3.8, 4) is 0 Å². The van der Waals surface area contributed by atoms with E-state index in [0.29, 0.717) is 18.1 Å². The number of aliphatic hydroxyl groups is 1. The van der Waals surface area contributed by atoms with E-state index in [2.05, 4.69) is 0 Å². The second-order valence-corrected chi connectivity index (χ2v) is 4.83. The van der Waals surface area contributed by atoms with Gasteiger partial charge in [0.25, 0.3) is 0 Å². The highest BCUT2D eigenvalue weighted by atomic mass is 32.2. The number of nitrogens with zero attached hydrogens (tertiary/aromatic N) is 1. The molecule has 0 unspecified atom stereocenters. The zero-order valence-electron chi connectivity index (χ0n) is 9.26. The Kier molecular flexibility index (Phi) is 3.81. The van der Waals surface area contributed by atoms with Crippen molar-refractivity contribution < 1.29 is 14.7 Å². The van der Waals surface area contributed by atoms with E-state index in [0.717, 1.165) is 11.1 Å². The Balaban J connectivity index is 2.13. The first-order valence-corrected chi connectivity index (χ1v) is 6.46. The number of carbonyl (C=O) groups excluding carboxylic acids is 2. The summed E-state index contributed by atoms with van der Waals surface area (Å²) < 4.78 is 0. The number of amides is 2. The second-order valence-electron chi connectivity index (χ2n) is 3.84. The van der Waals surface area contributed by atoms with E-state index in [9.17, 15) is 9.59 Å². The Hall–Kier alpha value is -1.33. The molecule has 1 fully saturated rings. The van der Waals surface area contributed by atoms with Gasteiger partial charge >= 0.3 is 0 Å². The normalized spacial score (nSPS) is 16.4. The van der Waals surface area contributed by atoms with Gasteiger partial charge in [-0.1, -0.05) is 24.3 Å². The lowest BCUT2D eigenvalue weighted by atomic mass is 10.1. The molecule has 1 aromatic carbocycles. The Morgan fingerprint density at radius 2 is 1.82 bits per heavy atom. The van der Waals surface area contributed by atoms with Crippen LogP contribution in [0.3, 0.4) is 0 Å². The minimum atomic E-state index is -0.138. The van der Waals surface area contributed by atoms with E-state index in [1.165, 1.54) is 16.7 Å². The number of hydrogen-bond donors (Lipinski definition) is 1. The lowest BCUT2D eigenvalue weighted by molar-refractivity contribution is -0.142. The Morgan fingerprint density at radius 1 is 1.18 bits per heavy atom. The van der Waals surface area contributed by atoms with Gasteiger partial charge in [0.2, 0.25) is 11.8 Å². The maximum absolute atomic E-state index is 11.6. The molecule has 0 bridgehead atoms. The van der Waals surface area contributed by atoms with Crippen LogP contribution >= 0.6 is 11.8 Å². The van der Waals surface area contributed by atoms with E-state index in [1.807, 2.05) is 18.2 Å². The number of carbonyl (C=O) groups is 2. The van der Waals surface area contributed by atoms with E-state index >= 15 is 0 Å². The standard InChI is InChI=1S/C12H13NO3S/c14-6-10-3-1-2-9(4-10)5-13-11(15)7-17-8-12(13)16/h1-4,14H,5-8H2. The molecule has 1 saturated heterocycles. The molecular formula is C12H13NO3S. The van der Waals surface area contributed by atoms with Crippen LogP contribution in [0.25, 0.3) is 0 Å². The molecule has 0 saturated carbocycles. The summed E-state index contributed by atoms with van der Waals surface area (Å²) in [6, 6.07) is 7.28. The number of hydrogen-bond acceptors (Lipinski definition) is 4. The number of benzene rings is 1. The zero-order chi connectivity index (χ0) is 12.3. The van der Waals surface area contributed by atoms with Crippen LogP contribution in [-0.2, 0) is 22.7 Å². The van der Waals surface area contributed by atoms with E-state index in [1.54, 1.807) is 6.07 Å². The van der Waals surface area contributed by atoms with Gasteiger partial charge in [0.05, 0.1) is 24.7 Å². The van der Waals surface area contributed by atoms with Crippen LogP contribution in [0.1, 0.15) is 11.1 Å². The Morgan fingerprint density at radius 3 is 2.47 bits per heavy atom. The topological polar surface area (TPSA) is 57.6 Å². The highest BCUT2D eigenvalue weighted by Crippen LogP contribution is 2.16. The maximum atomic E-state index is 11.6. The van der Waals surface area contributed by atoms with Crippen LogP contribution < -0.4 is 0 Å². The molecule has 1 aliphatic heterocycles. The van der Waals surface area contributed by atoms with Gasteiger partial charge in [-0.05, 0) is 11.1 Å². The molecule has 0 spiro atoms. The van der Waals surface area contributed by atoms with Crippen LogP contribution in [0, 0.1) is 0 Å². The van der Waals surface area contributed by atoms with E-state index in [4.69, 9.17) is 5.11 Å². The van der Waals surface area contributed by atoms with Gasteiger partial charge in [0.1, 0.15) is 0 Å². The van der Waals surface area contributed by atoms with Crippen molar-refractivity contribution in [2.45, 2.75) is 13.2 Å². The third-order valence-electron chi connectivity index (χ3n) is 2.57. The van der Waals surface area contributed by atoms with E-state index in [-0.39, 0.29) is 18.4 Å². The molecule has 90 valence electrons. The van der Waals surface area contributed by atoms with Gasteiger partial charge in [-0.25, -0.2) is 0 Å². The predicted octanol–water partition coefficient (Wildman–Crippen LogP) is 0.781. The highest BCUT2D eigenvalue weighted by Gasteiger charge is 2.26. The molecule has 1 N–H and O–H groups in total. The summed E-state index contributed by atoms with van der Waals surface area (Å²) in [5.41, 5.74) is 1.65. The van der Waals surface area contributed by atoms with Crippen LogP contribution in [0.4, 0.5) is 0 Å². The van der Waals surface area contributed by atoms with Crippen molar-refractivity contribution >= 4 is 23.6 Å². The van der Waals surface area contributed by atoms with Gasteiger partial charge in [0, 0.05) is 0 Å². The summed E-state index contributed by atoms with van der Waals surface area (Å²) in [5.74, 6) is 0.456. The summed E-state index contributed by atoms with van der Waals surface area (Å²) in [6.45, 7) is 0.262. The first-order chi connectivity index (χ1) is 8.20. The summed E-state index contributed by atoms with van der Waals surface area (Å²) >= 11 is 1.35. The molecule has 17 heavy (non-hydrogen) atoms. The van der Waals surface area contributed by atoms with E-state index < -0.39 is 0 Å². The molecule has 0 atom stereocenters. The van der Waals surface area contributed by atoms with Crippen LogP contribution in [0.15, 0.2) is 24.3 Å². The summed E-state index contributed by atoms with van der Waals surface area (Å²) in [7, 11) is 0. The molecular weight excluding hydrogens is 238 g/mol. The van der Waals surface area contributed by atoms with Crippen LogP contribution in [0.5, 0.6) is 0 Å². The molecule has 5 heteroatoms. The van der Waals surface area contributed by atoms with Crippen molar-refractivity contribution in [1.29, 1.82) is 0 Å². The molecule has 2 amide bonds. The van der Waals surface area contributed by atoms with Crippen LogP contribution in [0.2, 0.25) is 0 Å². The van der Waals surface area contributed by atoms with Gasteiger partial charge in [-0.3, -0.25) is 14.5 Å². The lowest BCUT2D eigenvalue weighted by Crippen LogP contribution is -2.42. The molecule has 1 aromatic rings. The molecule has 0 aliphatic carbocycles. The van der Waals surface area contributed by atoms with Gasteiger partial charge < -0.3 is 5.11 Å². The third kappa shape index (κ3) is 2.87. The fourth-order valence-corrected chi connectivity index (χ4v) is 2.47. The number of rotatable bonds is 3. The smallest absolute Gasteiger partial charge is 0.239 e. The monoisotopic (exact) mass is 251 g/mol. The minimum absolute atomic E-state index is 0.0361. The lowest BCUT2D eigenvalue weighted by Gasteiger charge is -2.24. The average molecular weight is 251 g/mol. The van der Waals surface area contributed by atoms with Crippen LogP contribution in [-0.4, -0.2) is 33.3 Å². The first-order valence-electron chi connectivity index (χ1n) is 5.30. The molecule has 1 aliphatic rings. The molecule has 0 radical (unpaired) electrons. The predicted molar refractivity (Wildman–Crippen MR) is 65.2 cm³/mol. The first kappa shape index (κ1) is 12.1. The zero-order valence-corrected chi connectivity index (χ0v) is 10.1. The summed E-state index contributed by atoms with van der Waals surface area (Å²) in [4.78, 5) is 24.5. The fraction of sp³-hybridized carbons (Fsp3) is 0.333. The number of thioether (sulfide) groups is 1. The van der Waals surface area contributed by atoms with Gasteiger partial charge in [0.15, 0.2) is 0 Å². The largest absolute Gasteiger partial charge is 0.392 e.